The smallest absolute Gasteiger partial charge is 0.253 e. The highest BCUT2D eigenvalue weighted by molar-refractivity contribution is 6.12. The minimum absolute atomic E-state index is 0.261. The highest BCUT2D eigenvalue weighted by Gasteiger charge is 2.22. The van der Waals surface area contributed by atoms with Crippen molar-refractivity contribution in [1.82, 2.24) is 4.90 Å². The highest BCUT2D eigenvalue weighted by Crippen LogP contribution is 2.19. The number of amides is 2. The molecule has 1 aliphatic heterocycles. The van der Waals surface area contributed by atoms with Crippen molar-refractivity contribution in [3.8, 4) is 5.75 Å². The maximum atomic E-state index is 11.3. The summed E-state index contributed by atoms with van der Waals surface area (Å²) >= 11 is 0. The maximum absolute atomic E-state index is 11.3. The van der Waals surface area contributed by atoms with Crippen molar-refractivity contribution in [2.24, 2.45) is 0 Å². The number of imide groups is 1. The summed E-state index contributed by atoms with van der Waals surface area (Å²) in [4.78, 5) is 25.8. The van der Waals surface area contributed by atoms with Crippen LogP contribution in [0.4, 0.5) is 5.69 Å². The molecule has 0 radical (unpaired) electrons. The summed E-state index contributed by atoms with van der Waals surface area (Å²) in [6.07, 6.45) is 2.55. The van der Waals surface area contributed by atoms with Crippen molar-refractivity contribution in [2.75, 3.05) is 32.1 Å². The van der Waals surface area contributed by atoms with Gasteiger partial charge in [-0.05, 0) is 12.1 Å². The van der Waals surface area contributed by atoms with Gasteiger partial charge in [-0.25, -0.2) is 0 Å². The molecule has 0 aromatic heterocycles. The van der Waals surface area contributed by atoms with Gasteiger partial charge in [-0.2, -0.15) is 0 Å². The quantitative estimate of drug-likeness (QED) is 0.743. The fourth-order valence-electron chi connectivity index (χ4n) is 1.76. The Kier molecular flexibility index (Phi) is 3.85. The van der Waals surface area contributed by atoms with E-state index in [1.807, 2.05) is 43.3 Å². The highest BCUT2D eigenvalue weighted by atomic mass is 16.5. The zero-order valence-electron chi connectivity index (χ0n) is 11.0. The van der Waals surface area contributed by atoms with Crippen LogP contribution in [-0.4, -0.2) is 44.0 Å². The van der Waals surface area contributed by atoms with Crippen molar-refractivity contribution < 1.29 is 14.3 Å². The van der Waals surface area contributed by atoms with Crippen LogP contribution in [0.15, 0.2) is 36.4 Å². The number of rotatable bonds is 5. The van der Waals surface area contributed by atoms with Gasteiger partial charge in [0.2, 0.25) is 0 Å². The maximum Gasteiger partial charge on any atom is 0.253 e. The van der Waals surface area contributed by atoms with E-state index in [9.17, 15) is 9.59 Å². The van der Waals surface area contributed by atoms with Crippen LogP contribution in [0, 0.1) is 0 Å². The van der Waals surface area contributed by atoms with E-state index in [0.29, 0.717) is 0 Å². The van der Waals surface area contributed by atoms with Crippen LogP contribution in [0.2, 0.25) is 0 Å². The van der Waals surface area contributed by atoms with Crippen LogP contribution in [-0.2, 0) is 9.59 Å². The van der Waals surface area contributed by atoms with Crippen molar-refractivity contribution in [1.29, 1.82) is 0 Å². The largest absolute Gasteiger partial charge is 0.492 e. The summed E-state index contributed by atoms with van der Waals surface area (Å²) in [7, 11) is 3.90. The first kappa shape index (κ1) is 13.1. The Morgan fingerprint density at radius 1 is 1.16 bits per heavy atom. The first-order valence-electron chi connectivity index (χ1n) is 6.01. The monoisotopic (exact) mass is 260 g/mol. The third-order valence-corrected chi connectivity index (χ3v) is 2.82. The van der Waals surface area contributed by atoms with Gasteiger partial charge in [0.05, 0.1) is 6.54 Å². The molecule has 100 valence electrons. The lowest BCUT2D eigenvalue weighted by Crippen LogP contribution is -2.33. The molecule has 5 heteroatoms. The van der Waals surface area contributed by atoms with Crippen molar-refractivity contribution in [3.63, 3.8) is 0 Å². The van der Waals surface area contributed by atoms with Gasteiger partial charge in [0.1, 0.15) is 12.4 Å². The van der Waals surface area contributed by atoms with E-state index in [2.05, 4.69) is 0 Å². The van der Waals surface area contributed by atoms with Gasteiger partial charge in [0.15, 0.2) is 0 Å². The van der Waals surface area contributed by atoms with Crippen molar-refractivity contribution >= 4 is 17.5 Å². The van der Waals surface area contributed by atoms with Gasteiger partial charge in [-0.1, -0.05) is 6.07 Å². The number of benzene rings is 1. The number of carbonyl (C=O) groups excluding carboxylic acids is 2. The van der Waals surface area contributed by atoms with Crippen molar-refractivity contribution in [2.45, 2.75) is 0 Å². The molecule has 0 saturated heterocycles. The second kappa shape index (κ2) is 5.56. The molecule has 0 N–H and O–H groups in total. The Balaban J connectivity index is 1.88. The Hall–Kier alpha value is -2.30. The van der Waals surface area contributed by atoms with Gasteiger partial charge in [0.25, 0.3) is 11.8 Å². The molecule has 0 saturated carbocycles. The fourth-order valence-corrected chi connectivity index (χ4v) is 1.76. The molecule has 19 heavy (non-hydrogen) atoms. The van der Waals surface area contributed by atoms with Crippen LogP contribution in [0.5, 0.6) is 5.75 Å². The number of anilines is 1. The molecule has 0 spiro atoms. The summed E-state index contributed by atoms with van der Waals surface area (Å²) in [6.45, 7) is 0.549. The average Bonchev–Trinajstić information content (AvgIpc) is 2.71. The molecule has 2 amide bonds. The van der Waals surface area contributed by atoms with Crippen LogP contribution in [0.3, 0.4) is 0 Å². The molecule has 0 unspecified atom stereocenters. The molecule has 0 aliphatic carbocycles. The minimum Gasteiger partial charge on any atom is -0.492 e. The van der Waals surface area contributed by atoms with E-state index < -0.39 is 0 Å². The van der Waals surface area contributed by atoms with E-state index in [-0.39, 0.29) is 25.0 Å². The number of hydrogen-bond donors (Lipinski definition) is 0. The van der Waals surface area contributed by atoms with E-state index in [0.717, 1.165) is 16.3 Å². The molecular formula is C14H16N2O3. The Bertz CT molecular complexity index is 505. The van der Waals surface area contributed by atoms with E-state index in [1.165, 1.54) is 12.2 Å². The van der Waals surface area contributed by atoms with Crippen LogP contribution < -0.4 is 9.64 Å². The Labute approximate surface area is 112 Å². The lowest BCUT2D eigenvalue weighted by molar-refractivity contribution is -0.137. The fraction of sp³-hybridized carbons (Fsp3) is 0.286. The number of nitrogens with zero attached hydrogens (tertiary/aromatic N) is 2. The van der Waals surface area contributed by atoms with Crippen molar-refractivity contribution in [3.05, 3.63) is 36.4 Å². The molecule has 0 atom stereocenters. The van der Waals surface area contributed by atoms with Gasteiger partial charge < -0.3 is 9.64 Å². The molecule has 1 aliphatic rings. The topological polar surface area (TPSA) is 49.9 Å². The van der Waals surface area contributed by atoms with Crippen LogP contribution >= 0.6 is 0 Å². The predicted octanol–water partition coefficient (Wildman–Crippen LogP) is 1.06. The average molecular weight is 260 g/mol. The summed E-state index contributed by atoms with van der Waals surface area (Å²) in [5.74, 6) is 0.157. The molecule has 0 bridgehead atoms. The van der Waals surface area contributed by atoms with E-state index in [4.69, 9.17) is 4.74 Å². The predicted molar refractivity (Wildman–Crippen MR) is 72.1 cm³/mol. The number of ether oxygens (including phenoxy) is 1. The molecule has 1 heterocycles. The van der Waals surface area contributed by atoms with Gasteiger partial charge in [-0.3, -0.25) is 14.5 Å². The summed E-state index contributed by atoms with van der Waals surface area (Å²) in [5, 5.41) is 0. The van der Waals surface area contributed by atoms with Gasteiger partial charge >= 0.3 is 0 Å². The number of carbonyl (C=O) groups is 2. The summed E-state index contributed by atoms with van der Waals surface area (Å²) < 4.78 is 5.55. The molecular weight excluding hydrogens is 244 g/mol. The first-order valence-corrected chi connectivity index (χ1v) is 6.01. The van der Waals surface area contributed by atoms with Crippen LogP contribution in [0.25, 0.3) is 0 Å². The third-order valence-electron chi connectivity index (χ3n) is 2.82. The second-order valence-electron chi connectivity index (χ2n) is 4.40. The lowest BCUT2D eigenvalue weighted by atomic mass is 10.3. The molecule has 2 rings (SSSR count). The third kappa shape index (κ3) is 3.13. The standard InChI is InChI=1S/C14H16N2O3/c1-15(2)11-4-3-5-12(10-11)19-9-8-16-13(17)6-7-14(16)18/h3-7,10H,8-9H2,1-2H3. The lowest BCUT2D eigenvalue weighted by Gasteiger charge is -2.16. The molecule has 1 aromatic carbocycles. The zero-order valence-corrected chi connectivity index (χ0v) is 11.0. The Morgan fingerprint density at radius 2 is 1.84 bits per heavy atom. The summed E-state index contributed by atoms with van der Waals surface area (Å²) in [6, 6.07) is 7.63. The van der Waals surface area contributed by atoms with E-state index in [1.54, 1.807) is 0 Å². The van der Waals surface area contributed by atoms with Gasteiger partial charge in [0, 0.05) is 38.0 Å². The van der Waals surface area contributed by atoms with E-state index >= 15 is 0 Å². The zero-order chi connectivity index (χ0) is 13.8. The normalized spacial score (nSPS) is 14.1. The van der Waals surface area contributed by atoms with Gasteiger partial charge in [-0.15, -0.1) is 0 Å². The molecule has 5 nitrogen and oxygen atoms in total. The van der Waals surface area contributed by atoms with Crippen LogP contribution in [0.1, 0.15) is 0 Å². The summed E-state index contributed by atoms with van der Waals surface area (Å²) in [5.41, 5.74) is 1.03. The molecule has 1 aromatic rings. The minimum atomic E-state index is -0.282. The SMILES string of the molecule is CN(C)c1cccc(OCCN2C(=O)C=CC2=O)c1. The molecule has 0 fully saturated rings. The first-order chi connectivity index (χ1) is 9.08. The number of hydrogen-bond acceptors (Lipinski definition) is 4. The Morgan fingerprint density at radius 3 is 2.47 bits per heavy atom. The second-order valence-corrected chi connectivity index (χ2v) is 4.40.